The molecule has 0 aliphatic rings. The summed E-state index contributed by atoms with van der Waals surface area (Å²) in [6, 6.07) is 13.0. The zero-order valence-corrected chi connectivity index (χ0v) is 13.4. The van der Waals surface area contributed by atoms with E-state index in [9.17, 15) is 4.39 Å². The fourth-order valence-corrected chi connectivity index (χ4v) is 2.58. The van der Waals surface area contributed by atoms with Gasteiger partial charge in [-0.05, 0) is 42.9 Å². The first-order valence-corrected chi connectivity index (χ1v) is 7.21. The van der Waals surface area contributed by atoms with Crippen molar-refractivity contribution >= 4 is 21.6 Å². The van der Waals surface area contributed by atoms with E-state index in [1.165, 1.54) is 6.07 Å². The molecule has 0 aromatic heterocycles. The van der Waals surface area contributed by atoms with Crippen molar-refractivity contribution in [1.29, 1.82) is 0 Å². The Balaban J connectivity index is 2.39. The van der Waals surface area contributed by atoms with Gasteiger partial charge in [-0.3, -0.25) is 0 Å². The van der Waals surface area contributed by atoms with Crippen LogP contribution in [0.4, 0.5) is 10.1 Å². The quantitative estimate of drug-likeness (QED) is 0.908. The Morgan fingerprint density at radius 2 is 1.75 bits per heavy atom. The Hall–Kier alpha value is -1.39. The van der Waals surface area contributed by atoms with Gasteiger partial charge in [0.2, 0.25) is 0 Å². The standard InChI is InChI=1S/C16H18BrFN2/c1-19-16(14-10-12(17)6-9-15(14)18)11-4-7-13(8-5-11)20(2)3/h4-10,16,19H,1-3H3. The highest BCUT2D eigenvalue weighted by atomic mass is 79.9. The van der Waals surface area contributed by atoms with Crippen molar-refractivity contribution in [3.05, 3.63) is 63.9 Å². The second kappa shape index (κ2) is 6.37. The fraction of sp³-hybridized carbons (Fsp3) is 0.250. The maximum absolute atomic E-state index is 14.0. The summed E-state index contributed by atoms with van der Waals surface area (Å²) in [7, 11) is 5.84. The lowest BCUT2D eigenvalue weighted by Gasteiger charge is -2.20. The van der Waals surface area contributed by atoms with Crippen LogP contribution < -0.4 is 10.2 Å². The summed E-state index contributed by atoms with van der Waals surface area (Å²) in [6.45, 7) is 0. The lowest BCUT2D eigenvalue weighted by atomic mass is 9.98. The van der Waals surface area contributed by atoms with E-state index in [1.54, 1.807) is 6.07 Å². The molecule has 0 saturated heterocycles. The van der Waals surface area contributed by atoms with Gasteiger partial charge < -0.3 is 10.2 Å². The molecule has 1 unspecified atom stereocenters. The van der Waals surface area contributed by atoms with Crippen molar-refractivity contribution in [1.82, 2.24) is 5.32 Å². The number of hydrogen-bond donors (Lipinski definition) is 1. The largest absolute Gasteiger partial charge is 0.378 e. The number of nitrogens with zero attached hydrogens (tertiary/aromatic N) is 1. The number of hydrogen-bond acceptors (Lipinski definition) is 2. The zero-order valence-electron chi connectivity index (χ0n) is 11.8. The second-order valence-electron chi connectivity index (χ2n) is 4.87. The molecule has 0 radical (unpaired) electrons. The van der Waals surface area contributed by atoms with E-state index >= 15 is 0 Å². The van der Waals surface area contributed by atoms with Crippen LogP contribution in [-0.2, 0) is 0 Å². The molecule has 1 atom stereocenters. The van der Waals surface area contributed by atoms with Crippen molar-refractivity contribution in [3.8, 4) is 0 Å². The molecule has 0 spiro atoms. The molecule has 20 heavy (non-hydrogen) atoms. The van der Waals surface area contributed by atoms with Crippen LogP contribution in [0.25, 0.3) is 0 Å². The van der Waals surface area contributed by atoms with Gasteiger partial charge in [0.05, 0.1) is 6.04 Å². The third-order valence-corrected chi connectivity index (χ3v) is 3.79. The minimum Gasteiger partial charge on any atom is -0.378 e. The van der Waals surface area contributed by atoms with Crippen LogP contribution in [0.1, 0.15) is 17.2 Å². The SMILES string of the molecule is CNC(c1ccc(N(C)C)cc1)c1cc(Br)ccc1F. The van der Waals surface area contributed by atoms with Gasteiger partial charge in [0.1, 0.15) is 5.82 Å². The highest BCUT2D eigenvalue weighted by Gasteiger charge is 2.16. The van der Waals surface area contributed by atoms with Gasteiger partial charge in [0.15, 0.2) is 0 Å². The van der Waals surface area contributed by atoms with Crippen LogP contribution in [0, 0.1) is 5.82 Å². The summed E-state index contributed by atoms with van der Waals surface area (Å²) in [5.41, 5.74) is 2.80. The van der Waals surface area contributed by atoms with Crippen molar-refractivity contribution in [2.45, 2.75) is 6.04 Å². The monoisotopic (exact) mass is 336 g/mol. The van der Waals surface area contributed by atoms with Crippen LogP contribution >= 0.6 is 15.9 Å². The predicted octanol–water partition coefficient (Wildman–Crippen LogP) is 3.96. The van der Waals surface area contributed by atoms with Gasteiger partial charge in [-0.2, -0.15) is 0 Å². The molecule has 2 nitrogen and oxygen atoms in total. The molecule has 0 aliphatic carbocycles. The normalized spacial score (nSPS) is 12.2. The molecule has 0 fully saturated rings. The predicted molar refractivity (Wildman–Crippen MR) is 85.8 cm³/mol. The van der Waals surface area contributed by atoms with E-state index in [0.717, 1.165) is 15.7 Å². The summed E-state index contributed by atoms with van der Waals surface area (Å²) >= 11 is 3.40. The average Bonchev–Trinajstić information content (AvgIpc) is 2.44. The van der Waals surface area contributed by atoms with Gasteiger partial charge in [-0.1, -0.05) is 28.1 Å². The Labute approximate surface area is 127 Å². The van der Waals surface area contributed by atoms with Gasteiger partial charge in [0, 0.05) is 29.8 Å². The van der Waals surface area contributed by atoms with Crippen molar-refractivity contribution < 1.29 is 4.39 Å². The van der Waals surface area contributed by atoms with E-state index in [1.807, 2.05) is 56.4 Å². The van der Waals surface area contributed by atoms with Crippen molar-refractivity contribution in [2.24, 2.45) is 0 Å². The Morgan fingerprint density at radius 1 is 1.10 bits per heavy atom. The third-order valence-electron chi connectivity index (χ3n) is 3.30. The molecule has 0 bridgehead atoms. The smallest absolute Gasteiger partial charge is 0.128 e. The maximum Gasteiger partial charge on any atom is 0.128 e. The summed E-state index contributed by atoms with van der Waals surface area (Å²) in [5.74, 6) is -0.204. The molecule has 0 saturated carbocycles. The van der Waals surface area contributed by atoms with E-state index in [2.05, 4.69) is 21.2 Å². The Bertz CT molecular complexity index is 582. The number of nitrogens with one attached hydrogen (secondary N) is 1. The van der Waals surface area contributed by atoms with Crippen LogP contribution in [0.15, 0.2) is 46.9 Å². The molecule has 2 rings (SSSR count). The van der Waals surface area contributed by atoms with E-state index in [-0.39, 0.29) is 11.9 Å². The van der Waals surface area contributed by atoms with Gasteiger partial charge >= 0.3 is 0 Å². The summed E-state index contributed by atoms with van der Waals surface area (Å²) in [4.78, 5) is 2.04. The Kier molecular flexibility index (Phi) is 4.78. The van der Waals surface area contributed by atoms with Crippen LogP contribution in [0.5, 0.6) is 0 Å². The molecular weight excluding hydrogens is 319 g/mol. The summed E-state index contributed by atoms with van der Waals surface area (Å²) < 4.78 is 14.9. The zero-order chi connectivity index (χ0) is 14.7. The summed E-state index contributed by atoms with van der Waals surface area (Å²) in [6.07, 6.45) is 0. The van der Waals surface area contributed by atoms with Gasteiger partial charge in [-0.25, -0.2) is 4.39 Å². The third kappa shape index (κ3) is 3.19. The molecule has 0 amide bonds. The molecule has 106 valence electrons. The van der Waals surface area contributed by atoms with E-state index < -0.39 is 0 Å². The first-order valence-electron chi connectivity index (χ1n) is 6.42. The lowest BCUT2D eigenvalue weighted by Crippen LogP contribution is -2.19. The molecular formula is C16H18BrFN2. The number of rotatable bonds is 4. The molecule has 4 heteroatoms. The first kappa shape index (κ1) is 15.0. The molecule has 1 N–H and O–H groups in total. The first-order chi connectivity index (χ1) is 9.52. The fourth-order valence-electron chi connectivity index (χ4n) is 2.20. The van der Waals surface area contributed by atoms with Crippen molar-refractivity contribution in [3.63, 3.8) is 0 Å². The molecule has 0 aliphatic heterocycles. The van der Waals surface area contributed by atoms with Crippen LogP contribution in [0.2, 0.25) is 0 Å². The lowest BCUT2D eigenvalue weighted by molar-refractivity contribution is 0.576. The molecule has 0 heterocycles. The van der Waals surface area contributed by atoms with E-state index in [0.29, 0.717) is 5.56 Å². The Morgan fingerprint density at radius 3 is 2.30 bits per heavy atom. The summed E-state index contributed by atoms with van der Waals surface area (Å²) in [5, 5.41) is 3.18. The number of halogens is 2. The maximum atomic E-state index is 14.0. The minimum absolute atomic E-state index is 0.163. The highest BCUT2D eigenvalue weighted by molar-refractivity contribution is 9.10. The van der Waals surface area contributed by atoms with Gasteiger partial charge in [-0.15, -0.1) is 0 Å². The van der Waals surface area contributed by atoms with Crippen LogP contribution in [0.3, 0.4) is 0 Å². The minimum atomic E-state index is -0.204. The molecule has 2 aromatic carbocycles. The number of anilines is 1. The van der Waals surface area contributed by atoms with Crippen LogP contribution in [-0.4, -0.2) is 21.1 Å². The molecule has 2 aromatic rings. The van der Waals surface area contributed by atoms with Crippen molar-refractivity contribution in [2.75, 3.05) is 26.0 Å². The number of benzene rings is 2. The highest BCUT2D eigenvalue weighted by Crippen LogP contribution is 2.28. The van der Waals surface area contributed by atoms with E-state index in [4.69, 9.17) is 0 Å². The van der Waals surface area contributed by atoms with Gasteiger partial charge in [0.25, 0.3) is 0 Å². The average molecular weight is 337 g/mol. The topological polar surface area (TPSA) is 15.3 Å². The second-order valence-corrected chi connectivity index (χ2v) is 5.79.